The topological polar surface area (TPSA) is 628 Å². The van der Waals surface area contributed by atoms with E-state index in [1.165, 1.54) is 80.3 Å². The zero-order valence-corrected chi connectivity index (χ0v) is 76.8. The summed E-state index contributed by atoms with van der Waals surface area (Å²) in [5.41, 5.74) is -1.06. The number of carbonyl (C=O) groups is 9. The minimum Gasteiger partial charge on any atom is -0.481 e. The lowest BCUT2D eigenvalue weighted by atomic mass is 9.51. The van der Waals surface area contributed by atoms with Crippen molar-refractivity contribution in [3.8, 4) is 23.0 Å². The number of non-ortho nitro benzene ring substituents is 2. The van der Waals surface area contributed by atoms with Gasteiger partial charge in [-0.3, -0.25) is 49.1 Å². The molecule has 2 bridgehead atoms. The quantitative estimate of drug-likeness (QED) is 0.00493. The Morgan fingerprint density at radius 1 is 0.617 bits per heavy atom. The van der Waals surface area contributed by atoms with Crippen LogP contribution in [0.25, 0.3) is 0 Å². The summed E-state index contributed by atoms with van der Waals surface area (Å²) in [6.07, 6.45) is 9.31. The smallest absolute Gasteiger partial charge is 0.481 e. The standard InChI is InChI=1S/C33H40N6O10.C19H22N4O9.C12H19N3O5.C8H15BrO2.C7H4ClNO4.C3H3N3O2/c1-4-12-37-14-11-33-21-8-9-23(40)30(33)49-29-24(10-7-20(28(29)33)17-22(21)37)48-32(44)36(3)16-15-35(2)31(43)47-19-25-34-18-26(39(45)46)38(25)13-5-6-27(41)42;1-19(2,3)32-17(24)5-4-10-21-15(20-11-16(21)23(28)29)12-30-18(25)31-14-8-6-13(7-9-14)22(26)27;1-12(2,3)20-11(17)5-4-6-14-9(8-16)13-7-10(14)15(18)19;1-8(2,3)11-7(10)5-4-6-9;8-7(10)13-6-3-1-5(2-4-6)9(11)12;7-6(8)3-1-4-2-5-3/h4,7,10,18,21-22,30H,1,5-6,8-9,11-17,19H2,2-3H3,(H,41,42);6-9,11H,4-5,10,12H2,1-3H3;7,16H,4-6,8H2,1-3H3;4-6H2,1-3H3;1-4H;1-2H,(H,4,5)/t21-,22+,30-,33-;;;;;/m0...../s1. The van der Waals surface area contributed by atoms with Crippen LogP contribution in [0.1, 0.15) is 162 Å². The molecule has 133 heavy (non-hydrogen) atoms. The molecule has 2 fully saturated rings. The Morgan fingerprint density at radius 3 is 1.50 bits per heavy atom. The van der Waals surface area contributed by atoms with E-state index in [4.69, 9.17) is 59.7 Å². The number of benzene rings is 3. The first-order valence-electron chi connectivity index (χ1n) is 41.0. The second-order valence-electron chi connectivity index (χ2n) is 32.6. The number of rotatable bonds is 34. The highest BCUT2D eigenvalue weighted by Gasteiger charge is 2.66. The van der Waals surface area contributed by atoms with E-state index < -0.39 is 94.6 Å². The number of ketones is 1. The zero-order valence-electron chi connectivity index (χ0n) is 74.5. The van der Waals surface area contributed by atoms with Crippen LogP contribution in [0.5, 0.6) is 23.0 Å². The molecule has 1 saturated heterocycles. The number of nitro groups is 6. The second kappa shape index (κ2) is 49.8. The molecule has 51 heteroatoms. The first-order valence-corrected chi connectivity index (χ1v) is 42.5. The highest BCUT2D eigenvalue weighted by Crippen LogP contribution is 2.63. The first-order chi connectivity index (χ1) is 62.5. The lowest BCUT2D eigenvalue weighted by Crippen LogP contribution is -2.66. The van der Waals surface area contributed by atoms with E-state index in [2.05, 4.69) is 57.1 Å². The molecule has 3 N–H and O–H groups in total. The lowest BCUT2D eigenvalue weighted by molar-refractivity contribution is -0.392. The van der Waals surface area contributed by atoms with Gasteiger partial charge < -0.3 is 103 Å². The van der Waals surface area contributed by atoms with Crippen molar-refractivity contribution in [3.05, 3.63) is 194 Å². The predicted octanol–water partition coefficient (Wildman–Crippen LogP) is 13.2. The van der Waals surface area contributed by atoms with Gasteiger partial charge in [0.05, 0.1) is 29.5 Å². The Balaban J connectivity index is 0.000000276. The predicted molar refractivity (Wildman–Crippen MR) is 468 cm³/mol. The number of likely N-dealkylation sites (N-methyl/N-ethyl adjacent to an activating group) is 2. The fourth-order valence-electron chi connectivity index (χ4n) is 14.0. The molecule has 4 aromatic heterocycles. The van der Waals surface area contributed by atoms with E-state index in [9.17, 15) is 104 Å². The number of aromatic amines is 1. The van der Waals surface area contributed by atoms with Gasteiger partial charge in [-0.15, -0.1) is 6.58 Å². The number of imidazole rings is 4. The number of alkyl halides is 1. The molecule has 0 radical (unpaired) electrons. The number of aliphatic hydroxyl groups is 1. The molecule has 4 aliphatic rings. The molecule has 1 saturated carbocycles. The Kier molecular flexibility index (Phi) is 40.4. The van der Waals surface area contributed by atoms with Crippen LogP contribution in [0.2, 0.25) is 0 Å². The fourth-order valence-corrected chi connectivity index (χ4v) is 14.4. The maximum atomic E-state index is 13.2. The number of H-pyrrole nitrogens is 1. The number of hydrogen-bond acceptors (Lipinski definition) is 36. The van der Waals surface area contributed by atoms with E-state index in [0.29, 0.717) is 25.0 Å². The summed E-state index contributed by atoms with van der Waals surface area (Å²) in [5.74, 6) is -1.21. The normalized spacial score (nSPS) is 15.3. The number of nitrogens with zero attached hydrogens (tertiary/aromatic N) is 16. The number of Topliss-reactive ketones (excluding diaryl/α,β-unsaturated/α-hetero) is 1. The third-order valence-electron chi connectivity index (χ3n) is 19.5. The SMILES string of the molecule is C=CCN1CC[C@]23c4c5ccc(OC(=O)N(C)CCN(C)C(=O)OCc6ncc([N+](=O)[O-])n6CCCC(=O)O)c4O[C@H]2C(=O)CC[C@H]3[C@H]1C5.CC(C)(C)OC(=O)CCCBr.CC(C)(C)OC(=O)CCCn1c([N+](=O)[O-])cnc1CO.CC(C)(C)OC(=O)CCCn1c([N+](=O)[O-])cnc1COC(=O)Oc1ccc([N+](=O)[O-])cc1.O=C(Cl)Oc1ccc([N+](=O)[O-])cc1.O=[N+]([O-])c1cnc[nH]1. The molecular formula is C82H103BrClN17O32. The van der Waals surface area contributed by atoms with Crippen LogP contribution >= 0.6 is 27.5 Å². The number of nitro benzene ring substituents is 2. The summed E-state index contributed by atoms with van der Waals surface area (Å²) in [5, 5.41) is 82.9. The zero-order chi connectivity index (χ0) is 99.0. The number of aliphatic hydroxyl groups excluding tert-OH is 1. The molecule has 49 nitrogen and oxygen atoms in total. The van der Waals surface area contributed by atoms with Gasteiger partial charge in [0.1, 0.15) is 59.7 Å². The van der Waals surface area contributed by atoms with Gasteiger partial charge in [0.25, 0.3) is 11.4 Å². The monoisotopic (exact) mass is 1950 g/mol. The summed E-state index contributed by atoms with van der Waals surface area (Å²) in [7, 11) is 3.01. The summed E-state index contributed by atoms with van der Waals surface area (Å²) < 4.78 is 51.0. The number of carboxylic acids is 1. The van der Waals surface area contributed by atoms with Gasteiger partial charge >= 0.3 is 70.9 Å². The lowest BCUT2D eigenvalue weighted by Gasteiger charge is -2.57. The third kappa shape index (κ3) is 33.1. The van der Waals surface area contributed by atoms with Gasteiger partial charge in [-0.2, -0.15) is 0 Å². The maximum absolute atomic E-state index is 13.2. The van der Waals surface area contributed by atoms with Crippen LogP contribution in [0.3, 0.4) is 0 Å². The van der Waals surface area contributed by atoms with Crippen molar-refractivity contribution in [2.45, 2.75) is 213 Å². The van der Waals surface area contributed by atoms with Crippen LogP contribution < -0.4 is 18.9 Å². The molecule has 2 amide bonds. The highest BCUT2D eigenvalue weighted by molar-refractivity contribution is 9.09. The Labute approximate surface area is 772 Å². The number of hydrogen-bond donors (Lipinski definition) is 3. The van der Waals surface area contributed by atoms with Crippen LogP contribution in [-0.4, -0.2) is 221 Å². The van der Waals surface area contributed by atoms with E-state index in [0.717, 1.165) is 92.1 Å². The number of carbonyl (C=O) groups excluding carboxylic acids is 8. The summed E-state index contributed by atoms with van der Waals surface area (Å²) >= 11 is 8.17. The van der Waals surface area contributed by atoms with Crippen molar-refractivity contribution < 1.29 is 126 Å². The number of piperidine rings is 1. The minimum atomic E-state index is -1.12. The van der Waals surface area contributed by atoms with Gasteiger partial charge in [-0.05, 0) is 175 Å². The van der Waals surface area contributed by atoms with E-state index in [1.54, 1.807) is 47.6 Å². The molecule has 722 valence electrons. The number of amides is 2. The molecule has 0 unspecified atom stereocenters. The maximum Gasteiger partial charge on any atom is 0.514 e. The van der Waals surface area contributed by atoms with Crippen LogP contribution in [0.4, 0.5) is 53.8 Å². The van der Waals surface area contributed by atoms with Crippen molar-refractivity contribution in [3.63, 3.8) is 0 Å². The van der Waals surface area contributed by atoms with Crippen molar-refractivity contribution in [2.24, 2.45) is 5.92 Å². The molecule has 7 aromatic rings. The van der Waals surface area contributed by atoms with Crippen molar-refractivity contribution in [2.75, 3.05) is 45.6 Å². The summed E-state index contributed by atoms with van der Waals surface area (Å²) in [6, 6.07) is 13.8. The van der Waals surface area contributed by atoms with Gasteiger partial charge in [0.15, 0.2) is 42.9 Å². The molecule has 2 aliphatic heterocycles. The molecule has 3 aromatic carbocycles. The van der Waals surface area contributed by atoms with Crippen molar-refractivity contribution >= 4 is 116 Å². The van der Waals surface area contributed by atoms with Crippen molar-refractivity contribution in [1.82, 2.24) is 53.3 Å². The average molecular weight is 1950 g/mol. The van der Waals surface area contributed by atoms with E-state index in [-0.39, 0.29) is 183 Å². The molecular weight excluding hydrogens is 1850 g/mol. The summed E-state index contributed by atoms with van der Waals surface area (Å²) in [4.78, 5) is 189. The number of esters is 3. The Bertz CT molecular complexity index is 5280. The van der Waals surface area contributed by atoms with Crippen LogP contribution in [0, 0.1) is 66.6 Å². The van der Waals surface area contributed by atoms with Crippen LogP contribution in [0.15, 0.2) is 104 Å². The van der Waals surface area contributed by atoms with E-state index >= 15 is 0 Å². The number of aliphatic carboxylic acids is 1. The molecule has 1 spiro atoms. The van der Waals surface area contributed by atoms with E-state index in [1.807, 2.05) is 32.9 Å². The number of halogens is 2. The summed E-state index contributed by atoms with van der Waals surface area (Å²) in [6.45, 7) is 21.0. The molecule has 6 heterocycles. The first kappa shape index (κ1) is 108. The van der Waals surface area contributed by atoms with Crippen molar-refractivity contribution in [1.29, 1.82) is 0 Å². The highest BCUT2D eigenvalue weighted by atomic mass is 79.9. The number of nitrogens with one attached hydrogen (secondary N) is 1. The number of ether oxygens (including phenoxy) is 9. The van der Waals surface area contributed by atoms with Gasteiger partial charge in [-0.1, -0.05) is 28.1 Å². The Morgan fingerprint density at radius 2 is 1.08 bits per heavy atom. The second-order valence-corrected chi connectivity index (χ2v) is 33.7. The third-order valence-corrected chi connectivity index (χ3v) is 20.1. The van der Waals surface area contributed by atoms with Gasteiger partial charge in [-0.25, -0.2) is 57.8 Å². The van der Waals surface area contributed by atoms with Crippen LogP contribution in [-0.2, 0) is 98.9 Å². The molecule has 2 aliphatic carbocycles. The number of aromatic nitrogens is 8. The molecule has 4 atom stereocenters. The van der Waals surface area contributed by atoms with Gasteiger partial charge in [0.2, 0.25) is 17.5 Å². The average Bonchev–Trinajstić information content (AvgIpc) is 1.53. The molecule has 11 rings (SSSR count). The largest absolute Gasteiger partial charge is 0.514 e. The minimum absolute atomic E-state index is 0.0165. The number of carboxylic acid groups (broad SMARTS) is 1. The van der Waals surface area contributed by atoms with Gasteiger partial charge in [0, 0.05) is 124 Å². The Hall–Kier alpha value is -14.0. The fraction of sp³-hybridized carbons (Fsp3) is 0.500. The number of likely N-dealkylation sites (tertiary alicyclic amines) is 1.